The largest absolute Gasteiger partial charge is 0.330 e. The summed E-state index contributed by atoms with van der Waals surface area (Å²) in [6.07, 6.45) is 0.994. The normalized spacial score (nSPS) is 10.9. The lowest BCUT2D eigenvalue weighted by atomic mass is 10.5. The minimum atomic E-state index is -1.20. The molecule has 11 heavy (non-hydrogen) atoms. The predicted molar refractivity (Wildman–Crippen MR) is 53.3 cm³/mol. The fourth-order valence-electron chi connectivity index (χ4n) is 0.858. The smallest absolute Gasteiger partial charge is 0.109 e. The summed E-state index contributed by atoms with van der Waals surface area (Å²) < 4.78 is 0. The molecule has 0 aromatic carbocycles. The van der Waals surface area contributed by atoms with E-state index >= 15 is 0 Å². The first kappa shape index (κ1) is 11.0. The first-order chi connectivity index (χ1) is 5.02. The topological polar surface area (TPSA) is 43.1 Å². The number of hydrogen-bond donors (Lipinski definition) is 1. The van der Waals surface area contributed by atoms with E-state index < -0.39 is 15.5 Å². The van der Waals surface area contributed by atoms with Gasteiger partial charge < -0.3 is 5.73 Å². The van der Waals surface area contributed by atoms with E-state index in [1.807, 2.05) is 0 Å². The van der Waals surface area contributed by atoms with Crippen LogP contribution in [0.2, 0.25) is 25.7 Å². The molecule has 0 radical (unpaired) electrons. The molecule has 0 atom stereocenters. The molecule has 0 spiro atoms. The van der Waals surface area contributed by atoms with Crippen LogP contribution in [0.25, 0.3) is 0 Å². The first-order valence-electron chi connectivity index (χ1n) is 3.97. The molecule has 2 nitrogen and oxygen atoms in total. The van der Waals surface area contributed by atoms with Crippen molar-refractivity contribution in [2.24, 2.45) is 5.73 Å². The van der Waals surface area contributed by atoms with Gasteiger partial charge in [0.2, 0.25) is 0 Å². The molecule has 0 heterocycles. The second-order valence-electron chi connectivity index (χ2n) is 3.72. The van der Waals surface area contributed by atoms with Crippen LogP contribution in [0.5, 0.6) is 0 Å². The van der Waals surface area contributed by atoms with Crippen molar-refractivity contribution in [2.45, 2.75) is 32.1 Å². The van der Waals surface area contributed by atoms with Crippen molar-refractivity contribution in [1.82, 2.24) is 0 Å². The zero-order valence-corrected chi connectivity index (χ0v) is 9.61. The van der Waals surface area contributed by atoms with Crippen LogP contribution in [0.15, 0.2) is 0 Å². The third kappa shape index (κ3) is 4.42. The molecule has 0 aliphatic rings. The van der Waals surface area contributed by atoms with Gasteiger partial charge in [-0.15, -0.1) is 0 Å². The zero-order valence-electron chi connectivity index (χ0n) is 7.61. The highest BCUT2D eigenvalue weighted by molar-refractivity contribution is 7.31. The molecule has 0 saturated heterocycles. The first-order valence-corrected chi connectivity index (χ1v) is 10.2. The van der Waals surface area contributed by atoms with E-state index in [0.717, 1.165) is 12.5 Å². The Hall–Kier alpha value is -0.0262. The Kier molecular flexibility index (Phi) is 4.76. The number of hydrogen-bond acceptors (Lipinski definition) is 2. The van der Waals surface area contributed by atoms with E-state index in [9.17, 15) is 4.79 Å². The van der Waals surface area contributed by atoms with E-state index in [0.29, 0.717) is 6.54 Å². The monoisotopic (exact) mass is 187 g/mol. The fraction of sp³-hybridized carbons (Fsp3) is 0.857. The van der Waals surface area contributed by atoms with Crippen molar-refractivity contribution in [1.29, 1.82) is 0 Å². The highest BCUT2D eigenvalue weighted by atomic mass is 29.2. The van der Waals surface area contributed by atoms with E-state index in [-0.39, 0.29) is 0 Å². The van der Waals surface area contributed by atoms with Gasteiger partial charge in [-0.2, -0.15) is 0 Å². The maximum absolute atomic E-state index is 10.6. The Morgan fingerprint density at radius 3 is 2.27 bits per heavy atom. The van der Waals surface area contributed by atoms with Gasteiger partial charge in [0, 0.05) is 0 Å². The van der Waals surface area contributed by atoms with Gasteiger partial charge >= 0.3 is 0 Å². The Morgan fingerprint density at radius 1 is 1.45 bits per heavy atom. The highest BCUT2D eigenvalue weighted by Crippen LogP contribution is 2.05. The predicted octanol–water partition coefficient (Wildman–Crippen LogP) is 0.895. The van der Waals surface area contributed by atoms with Gasteiger partial charge in [-0.25, -0.2) is 4.79 Å². The van der Waals surface area contributed by atoms with E-state index in [2.05, 4.69) is 25.2 Å². The minimum Gasteiger partial charge on any atom is -0.330 e. The average Bonchev–Trinajstić information content (AvgIpc) is 1.87. The standard InChI is InChI=1S/C7H17NOSi2/c1-11(2,3)10(7-9)6-4-5-8/h4-6,8H2,1-3H3. The molecular weight excluding hydrogens is 170 g/mol. The van der Waals surface area contributed by atoms with Crippen LogP contribution in [0.4, 0.5) is 0 Å². The molecule has 0 fully saturated rings. The lowest BCUT2D eigenvalue weighted by molar-refractivity contribution is 0.571. The third-order valence-corrected chi connectivity index (χ3v) is 11.1. The lowest BCUT2D eigenvalue weighted by Crippen LogP contribution is -2.36. The Balaban J connectivity index is 4.10. The van der Waals surface area contributed by atoms with Crippen LogP contribution < -0.4 is 5.73 Å². The van der Waals surface area contributed by atoms with Crippen molar-refractivity contribution in [3.8, 4) is 0 Å². The Bertz CT molecular complexity index is 168. The maximum atomic E-state index is 10.6. The maximum Gasteiger partial charge on any atom is 0.109 e. The minimum absolute atomic E-state index is 0.709. The quantitative estimate of drug-likeness (QED) is 0.665. The second-order valence-corrected chi connectivity index (χ2v) is 16.2. The fourth-order valence-corrected chi connectivity index (χ4v) is 6.27. The van der Waals surface area contributed by atoms with Gasteiger partial charge in [0.25, 0.3) is 0 Å². The molecule has 0 rings (SSSR count). The van der Waals surface area contributed by atoms with Gasteiger partial charge in [0.05, 0.1) is 13.1 Å². The summed E-state index contributed by atoms with van der Waals surface area (Å²) >= 11 is 0. The molecule has 64 valence electrons. The lowest BCUT2D eigenvalue weighted by Gasteiger charge is -2.14. The van der Waals surface area contributed by atoms with Crippen LogP contribution in [-0.4, -0.2) is 27.6 Å². The molecule has 0 aliphatic carbocycles. The molecule has 0 aromatic rings. The van der Waals surface area contributed by atoms with E-state index in [1.165, 1.54) is 0 Å². The van der Waals surface area contributed by atoms with Gasteiger partial charge in [-0.05, 0) is 19.0 Å². The van der Waals surface area contributed by atoms with E-state index in [4.69, 9.17) is 5.73 Å². The van der Waals surface area contributed by atoms with Crippen molar-refractivity contribution < 1.29 is 4.79 Å². The van der Waals surface area contributed by atoms with Crippen LogP contribution in [0, 0.1) is 0 Å². The van der Waals surface area contributed by atoms with Gasteiger partial charge in [0.1, 0.15) is 7.93 Å². The van der Waals surface area contributed by atoms with Crippen LogP contribution in [0.3, 0.4) is 0 Å². The second kappa shape index (κ2) is 4.77. The summed E-state index contributed by atoms with van der Waals surface area (Å²) in [6.45, 7) is 7.43. The molecular formula is C7H17NOSi2. The van der Waals surface area contributed by atoms with Gasteiger partial charge in [0.15, 0.2) is 0 Å². The van der Waals surface area contributed by atoms with Crippen LogP contribution in [0.1, 0.15) is 6.42 Å². The summed E-state index contributed by atoms with van der Waals surface area (Å²) in [5.41, 5.74) is 7.61. The highest BCUT2D eigenvalue weighted by Gasteiger charge is 2.21. The summed E-state index contributed by atoms with van der Waals surface area (Å²) in [5.74, 6) is 0. The summed E-state index contributed by atoms with van der Waals surface area (Å²) in [6, 6.07) is 1.03. The SMILES string of the molecule is C[Si](C)(C)[Si](=C=O)CCCN. The van der Waals surface area contributed by atoms with Crippen LogP contribution >= 0.6 is 0 Å². The Labute approximate surface area is 70.8 Å². The Morgan fingerprint density at radius 2 is 2.00 bits per heavy atom. The van der Waals surface area contributed by atoms with Gasteiger partial charge in [-0.3, -0.25) is 0 Å². The number of nitrogens with two attached hydrogens (primary N) is 1. The summed E-state index contributed by atoms with van der Waals surface area (Å²) in [4.78, 5) is 10.6. The van der Waals surface area contributed by atoms with Crippen molar-refractivity contribution in [2.75, 3.05) is 6.54 Å². The number of carbonyl (C=O) groups excluding carboxylic acids is 1. The van der Waals surface area contributed by atoms with Crippen molar-refractivity contribution in [3.63, 3.8) is 0 Å². The summed E-state index contributed by atoms with van der Waals surface area (Å²) in [5, 5.41) is 0. The molecule has 2 N–H and O–H groups in total. The molecule has 0 bridgehead atoms. The molecule has 0 aromatic heterocycles. The molecule has 0 saturated carbocycles. The molecule has 0 aliphatic heterocycles. The third-order valence-electron chi connectivity index (χ3n) is 1.66. The summed E-state index contributed by atoms with van der Waals surface area (Å²) in [7, 11) is -2.01. The average molecular weight is 187 g/mol. The van der Waals surface area contributed by atoms with Crippen molar-refractivity contribution in [3.05, 3.63) is 0 Å². The molecule has 0 amide bonds. The van der Waals surface area contributed by atoms with E-state index in [1.54, 1.807) is 0 Å². The van der Waals surface area contributed by atoms with Gasteiger partial charge in [-0.1, -0.05) is 19.6 Å². The molecule has 0 unspecified atom stereocenters. The molecule has 4 heteroatoms. The number of rotatable bonds is 4. The van der Waals surface area contributed by atoms with Crippen molar-refractivity contribution >= 4 is 21.1 Å². The van der Waals surface area contributed by atoms with Crippen LogP contribution in [-0.2, 0) is 4.79 Å². The zero-order chi connectivity index (χ0) is 8.91.